The zero-order chi connectivity index (χ0) is 9.80. The highest BCUT2D eigenvalue weighted by atomic mass is 15.3. The van der Waals surface area contributed by atoms with E-state index in [1.54, 1.807) is 10.7 Å². The molecule has 0 spiro atoms. The summed E-state index contributed by atoms with van der Waals surface area (Å²) in [5, 5.41) is 7.51. The number of fused-ring (bicyclic) bond motifs is 1. The number of anilines is 1. The van der Waals surface area contributed by atoms with Gasteiger partial charge in [0.25, 0.3) is 0 Å². The Bertz CT molecular complexity index is 407. The van der Waals surface area contributed by atoms with Crippen LogP contribution >= 0.6 is 0 Å². The molecule has 4 nitrogen and oxygen atoms in total. The zero-order valence-corrected chi connectivity index (χ0v) is 8.27. The molecule has 0 aliphatic heterocycles. The lowest BCUT2D eigenvalue weighted by atomic mass is 10.3. The number of unbranched alkanes of at least 4 members (excludes halogenated alkanes) is 1. The Labute approximate surface area is 83.0 Å². The van der Waals surface area contributed by atoms with Crippen molar-refractivity contribution >= 4 is 11.3 Å². The summed E-state index contributed by atoms with van der Waals surface area (Å²) in [6, 6.07) is 1.87. The van der Waals surface area contributed by atoms with Crippen LogP contribution in [0.25, 0.3) is 5.65 Å². The Morgan fingerprint density at radius 1 is 1.50 bits per heavy atom. The minimum atomic E-state index is 0.892. The molecule has 74 valence electrons. The summed E-state index contributed by atoms with van der Waals surface area (Å²) >= 11 is 0. The van der Waals surface area contributed by atoms with Crippen molar-refractivity contribution in [1.82, 2.24) is 14.6 Å². The second-order valence-corrected chi connectivity index (χ2v) is 3.23. The first-order valence-corrected chi connectivity index (χ1v) is 4.94. The summed E-state index contributed by atoms with van der Waals surface area (Å²) < 4.78 is 1.77. The first-order valence-electron chi connectivity index (χ1n) is 4.94. The summed E-state index contributed by atoms with van der Waals surface area (Å²) in [7, 11) is 0. The molecule has 0 fully saturated rings. The normalized spacial score (nSPS) is 10.6. The molecule has 0 aliphatic carbocycles. The predicted octanol–water partition coefficient (Wildman–Crippen LogP) is 1.94. The molecular formula is C10H14N4. The Morgan fingerprint density at radius 3 is 3.29 bits per heavy atom. The van der Waals surface area contributed by atoms with Crippen molar-refractivity contribution in [2.75, 3.05) is 11.9 Å². The van der Waals surface area contributed by atoms with Crippen LogP contribution in [0.4, 0.5) is 5.69 Å². The highest BCUT2D eigenvalue weighted by Crippen LogP contribution is 2.12. The van der Waals surface area contributed by atoms with Crippen LogP contribution in [0.3, 0.4) is 0 Å². The van der Waals surface area contributed by atoms with E-state index in [1.165, 1.54) is 12.8 Å². The van der Waals surface area contributed by atoms with Crippen LogP contribution in [0.15, 0.2) is 24.7 Å². The molecule has 0 atom stereocenters. The quantitative estimate of drug-likeness (QED) is 0.749. The van der Waals surface area contributed by atoms with Crippen LogP contribution in [0.5, 0.6) is 0 Å². The number of hydrogen-bond donors (Lipinski definition) is 1. The van der Waals surface area contributed by atoms with Gasteiger partial charge in [0.2, 0.25) is 0 Å². The van der Waals surface area contributed by atoms with Crippen molar-refractivity contribution in [2.24, 2.45) is 0 Å². The van der Waals surface area contributed by atoms with Gasteiger partial charge in [-0.1, -0.05) is 13.3 Å². The van der Waals surface area contributed by atoms with Gasteiger partial charge in [-0.3, -0.25) is 0 Å². The summed E-state index contributed by atoms with van der Waals surface area (Å²) in [6.45, 7) is 3.16. The third-order valence-corrected chi connectivity index (χ3v) is 2.13. The fourth-order valence-electron chi connectivity index (χ4n) is 1.35. The molecule has 0 aromatic carbocycles. The monoisotopic (exact) mass is 190 g/mol. The SMILES string of the molecule is CCCCNc1cnn2cccnc12. The average molecular weight is 190 g/mol. The van der Waals surface area contributed by atoms with Gasteiger partial charge in [-0.25, -0.2) is 9.50 Å². The highest BCUT2D eigenvalue weighted by molar-refractivity contribution is 5.65. The maximum absolute atomic E-state index is 4.26. The molecule has 2 aromatic heterocycles. The van der Waals surface area contributed by atoms with Gasteiger partial charge >= 0.3 is 0 Å². The highest BCUT2D eigenvalue weighted by Gasteiger charge is 2.02. The maximum Gasteiger partial charge on any atom is 0.178 e. The van der Waals surface area contributed by atoms with Crippen LogP contribution in [0.1, 0.15) is 19.8 Å². The molecule has 0 aliphatic rings. The van der Waals surface area contributed by atoms with E-state index in [9.17, 15) is 0 Å². The van der Waals surface area contributed by atoms with Gasteiger partial charge in [-0.15, -0.1) is 0 Å². The van der Waals surface area contributed by atoms with E-state index in [1.807, 2.05) is 18.5 Å². The van der Waals surface area contributed by atoms with Crippen molar-refractivity contribution in [3.05, 3.63) is 24.7 Å². The van der Waals surface area contributed by atoms with Crippen molar-refractivity contribution in [1.29, 1.82) is 0 Å². The topological polar surface area (TPSA) is 42.2 Å². The standard InChI is InChI=1S/C10H14N4/c1-2-3-5-11-9-8-13-14-7-4-6-12-10(9)14/h4,6-8,11H,2-3,5H2,1H3. The molecule has 0 amide bonds. The first-order chi connectivity index (χ1) is 6.92. The Balaban J connectivity index is 2.17. The van der Waals surface area contributed by atoms with Gasteiger partial charge in [0.1, 0.15) is 0 Å². The molecule has 14 heavy (non-hydrogen) atoms. The van der Waals surface area contributed by atoms with Crippen molar-refractivity contribution in [3.63, 3.8) is 0 Å². The largest absolute Gasteiger partial charge is 0.381 e. The molecule has 0 saturated carbocycles. The Morgan fingerprint density at radius 2 is 2.43 bits per heavy atom. The predicted molar refractivity (Wildman–Crippen MR) is 56.4 cm³/mol. The summed E-state index contributed by atoms with van der Waals surface area (Å²) in [4.78, 5) is 4.26. The minimum Gasteiger partial charge on any atom is -0.381 e. The lowest BCUT2D eigenvalue weighted by Gasteiger charge is -2.01. The molecule has 0 bridgehead atoms. The average Bonchev–Trinajstić information content (AvgIpc) is 2.63. The van der Waals surface area contributed by atoms with E-state index in [2.05, 4.69) is 22.3 Å². The second kappa shape index (κ2) is 4.09. The van der Waals surface area contributed by atoms with Gasteiger partial charge < -0.3 is 5.32 Å². The first kappa shape index (κ1) is 8.99. The second-order valence-electron chi connectivity index (χ2n) is 3.23. The Kier molecular flexibility index (Phi) is 2.62. The Hall–Kier alpha value is -1.58. The number of nitrogens with zero attached hydrogens (tertiary/aromatic N) is 3. The third-order valence-electron chi connectivity index (χ3n) is 2.13. The van der Waals surface area contributed by atoms with E-state index in [0.717, 1.165) is 17.9 Å². The van der Waals surface area contributed by atoms with E-state index in [-0.39, 0.29) is 0 Å². The summed E-state index contributed by atoms with van der Waals surface area (Å²) in [5.41, 5.74) is 1.91. The molecule has 2 rings (SSSR count). The van der Waals surface area contributed by atoms with Crippen LogP contribution in [-0.2, 0) is 0 Å². The summed E-state index contributed by atoms with van der Waals surface area (Å²) in [6.07, 6.45) is 7.86. The molecule has 1 N–H and O–H groups in total. The smallest absolute Gasteiger partial charge is 0.178 e. The minimum absolute atomic E-state index is 0.892. The van der Waals surface area contributed by atoms with Crippen LogP contribution in [0.2, 0.25) is 0 Å². The fourth-order valence-corrected chi connectivity index (χ4v) is 1.35. The van der Waals surface area contributed by atoms with E-state index >= 15 is 0 Å². The molecule has 4 heteroatoms. The third kappa shape index (κ3) is 1.69. The molecule has 2 heterocycles. The van der Waals surface area contributed by atoms with Gasteiger partial charge in [-0.05, 0) is 12.5 Å². The molecular weight excluding hydrogens is 176 g/mol. The van der Waals surface area contributed by atoms with Gasteiger partial charge in [-0.2, -0.15) is 5.10 Å². The van der Waals surface area contributed by atoms with Gasteiger partial charge in [0, 0.05) is 18.9 Å². The molecule has 0 saturated heterocycles. The summed E-state index contributed by atoms with van der Waals surface area (Å²) in [5.74, 6) is 0. The van der Waals surface area contributed by atoms with Gasteiger partial charge in [0.05, 0.1) is 11.9 Å². The van der Waals surface area contributed by atoms with Crippen LogP contribution < -0.4 is 5.32 Å². The van der Waals surface area contributed by atoms with Crippen LogP contribution in [-0.4, -0.2) is 21.1 Å². The lowest BCUT2D eigenvalue weighted by molar-refractivity contribution is 0.835. The van der Waals surface area contributed by atoms with E-state index < -0.39 is 0 Å². The zero-order valence-electron chi connectivity index (χ0n) is 8.27. The van der Waals surface area contributed by atoms with Crippen LogP contribution in [0, 0.1) is 0 Å². The van der Waals surface area contributed by atoms with E-state index in [4.69, 9.17) is 0 Å². The number of aromatic nitrogens is 3. The number of hydrogen-bond acceptors (Lipinski definition) is 3. The number of rotatable bonds is 4. The van der Waals surface area contributed by atoms with Crippen molar-refractivity contribution in [2.45, 2.75) is 19.8 Å². The number of nitrogens with one attached hydrogen (secondary N) is 1. The molecule has 0 radical (unpaired) electrons. The van der Waals surface area contributed by atoms with Crippen molar-refractivity contribution in [3.8, 4) is 0 Å². The lowest BCUT2D eigenvalue weighted by Crippen LogP contribution is -2.00. The van der Waals surface area contributed by atoms with Crippen molar-refractivity contribution < 1.29 is 0 Å². The fraction of sp³-hybridized carbons (Fsp3) is 0.400. The maximum atomic E-state index is 4.26. The van der Waals surface area contributed by atoms with E-state index in [0.29, 0.717) is 0 Å². The molecule has 0 unspecified atom stereocenters. The van der Waals surface area contributed by atoms with Gasteiger partial charge in [0.15, 0.2) is 5.65 Å². The molecule has 2 aromatic rings.